The summed E-state index contributed by atoms with van der Waals surface area (Å²) in [5.41, 5.74) is 1.01. The van der Waals surface area contributed by atoms with Crippen LogP contribution in [0.2, 0.25) is 0 Å². The van der Waals surface area contributed by atoms with E-state index in [1.165, 1.54) is 6.42 Å². The lowest BCUT2D eigenvalue weighted by Crippen LogP contribution is -2.22. The number of rotatable bonds is 9. The van der Waals surface area contributed by atoms with Crippen LogP contribution in [0.15, 0.2) is 34.3 Å². The molecule has 1 atom stereocenters. The summed E-state index contributed by atoms with van der Waals surface area (Å²) in [6.07, 6.45) is 7.29. The molecule has 1 aromatic rings. The molecule has 1 N–H and O–H groups in total. The van der Waals surface area contributed by atoms with Crippen molar-refractivity contribution in [3.63, 3.8) is 0 Å². The molecule has 1 unspecified atom stereocenters. The Balaban J connectivity index is 1.59. The van der Waals surface area contributed by atoms with Gasteiger partial charge in [0.15, 0.2) is 6.29 Å². The summed E-state index contributed by atoms with van der Waals surface area (Å²) in [7, 11) is -3.58. The number of hydrogen-bond donors (Lipinski definition) is 1. The van der Waals surface area contributed by atoms with E-state index in [2.05, 4.69) is 9.93 Å². The first-order valence-electron chi connectivity index (χ1n) is 8.41. The number of benzene rings is 1. The Bertz CT molecular complexity index is 608. The van der Waals surface area contributed by atoms with E-state index in [0.29, 0.717) is 13.0 Å². The topological polar surface area (TPSA) is 77.0 Å². The second-order valence-electron chi connectivity index (χ2n) is 5.88. The molecule has 0 saturated carbocycles. The van der Waals surface area contributed by atoms with Gasteiger partial charge in [0.05, 0.1) is 4.90 Å². The average Bonchev–Trinajstić information content (AvgIpc) is 2.58. The molecule has 24 heavy (non-hydrogen) atoms. The highest BCUT2D eigenvalue weighted by Gasteiger charge is 2.13. The molecule has 1 saturated heterocycles. The van der Waals surface area contributed by atoms with Crippen LogP contribution >= 0.6 is 0 Å². The van der Waals surface area contributed by atoms with E-state index in [1.807, 2.05) is 6.92 Å². The molecule has 1 aliphatic heterocycles. The number of aryl methyl sites for hydroxylation is 1. The first-order chi connectivity index (χ1) is 11.6. The van der Waals surface area contributed by atoms with E-state index in [9.17, 15) is 8.42 Å². The van der Waals surface area contributed by atoms with Crippen LogP contribution in [0.1, 0.15) is 44.1 Å². The minimum atomic E-state index is -3.58. The lowest BCUT2D eigenvalue weighted by atomic mass is 10.2. The van der Waals surface area contributed by atoms with Crippen LogP contribution in [-0.4, -0.2) is 34.1 Å². The van der Waals surface area contributed by atoms with Crippen molar-refractivity contribution in [1.29, 1.82) is 0 Å². The lowest BCUT2D eigenvalue weighted by Gasteiger charge is -2.22. The van der Waals surface area contributed by atoms with Crippen LogP contribution in [0.25, 0.3) is 0 Å². The summed E-state index contributed by atoms with van der Waals surface area (Å²) in [5.74, 6) is 0. The van der Waals surface area contributed by atoms with Crippen molar-refractivity contribution < 1.29 is 17.9 Å². The monoisotopic (exact) mass is 354 g/mol. The molecule has 0 aliphatic carbocycles. The molecule has 7 heteroatoms. The van der Waals surface area contributed by atoms with Crippen LogP contribution in [0.4, 0.5) is 0 Å². The van der Waals surface area contributed by atoms with E-state index >= 15 is 0 Å². The van der Waals surface area contributed by atoms with Crippen LogP contribution in [0.3, 0.4) is 0 Å². The van der Waals surface area contributed by atoms with Crippen LogP contribution in [-0.2, 0) is 19.5 Å². The van der Waals surface area contributed by atoms with Gasteiger partial charge < -0.3 is 9.47 Å². The van der Waals surface area contributed by atoms with Gasteiger partial charge in [0.1, 0.15) is 0 Å². The summed E-state index contributed by atoms with van der Waals surface area (Å²) in [6.45, 7) is 3.36. The summed E-state index contributed by atoms with van der Waals surface area (Å²) in [6, 6.07) is 6.65. The van der Waals surface area contributed by atoms with Gasteiger partial charge in [-0.1, -0.05) is 17.7 Å². The zero-order valence-electron chi connectivity index (χ0n) is 14.1. The molecular formula is C17H26N2O4S. The quantitative estimate of drug-likeness (QED) is 0.420. The number of sulfonamides is 1. The third-order valence-corrected chi connectivity index (χ3v) is 5.00. The van der Waals surface area contributed by atoms with Crippen molar-refractivity contribution in [2.45, 2.75) is 56.6 Å². The number of hydrogen-bond acceptors (Lipinski definition) is 5. The van der Waals surface area contributed by atoms with Gasteiger partial charge in [-0.15, -0.1) is 0 Å². The fraction of sp³-hybridized carbons (Fsp3) is 0.588. The largest absolute Gasteiger partial charge is 0.353 e. The fourth-order valence-electron chi connectivity index (χ4n) is 2.34. The molecule has 1 aliphatic rings. The standard InChI is InChI=1S/C17H26N2O4S/c1-15-8-10-16(11-9-15)24(20,21)19-18-12-4-2-5-13-22-17-7-3-6-14-23-17/h8-12,17,19H,2-7,13-14H2,1H3/b18-12+. The van der Waals surface area contributed by atoms with Crippen molar-refractivity contribution in [3.8, 4) is 0 Å². The summed E-state index contributed by atoms with van der Waals surface area (Å²) < 4.78 is 35.1. The Morgan fingerprint density at radius 1 is 1.29 bits per heavy atom. The zero-order chi connectivity index (χ0) is 17.3. The highest BCUT2D eigenvalue weighted by atomic mass is 32.2. The van der Waals surface area contributed by atoms with Gasteiger partial charge in [0, 0.05) is 19.4 Å². The van der Waals surface area contributed by atoms with E-state index in [0.717, 1.165) is 37.9 Å². The summed E-state index contributed by atoms with van der Waals surface area (Å²) in [4.78, 5) is 2.44. The van der Waals surface area contributed by atoms with Crippen LogP contribution in [0, 0.1) is 6.92 Å². The highest BCUT2D eigenvalue weighted by Crippen LogP contribution is 2.14. The van der Waals surface area contributed by atoms with Crippen LogP contribution in [0.5, 0.6) is 0 Å². The first-order valence-corrected chi connectivity index (χ1v) is 9.89. The minimum Gasteiger partial charge on any atom is -0.353 e. The van der Waals surface area contributed by atoms with Crippen LogP contribution < -0.4 is 4.83 Å². The molecule has 0 bridgehead atoms. The summed E-state index contributed by atoms with van der Waals surface area (Å²) in [5, 5.41) is 3.80. The molecule has 0 spiro atoms. The number of unbranched alkanes of at least 4 members (excludes halogenated alkanes) is 2. The Morgan fingerprint density at radius 2 is 2.08 bits per heavy atom. The maximum absolute atomic E-state index is 12.0. The van der Waals surface area contributed by atoms with Gasteiger partial charge in [-0.25, -0.2) is 4.83 Å². The number of nitrogens with one attached hydrogen (secondary N) is 1. The SMILES string of the molecule is Cc1ccc(S(=O)(=O)N/N=C/CCCCOC2CCCCO2)cc1. The molecule has 1 heterocycles. The lowest BCUT2D eigenvalue weighted by molar-refractivity contribution is -0.162. The van der Waals surface area contributed by atoms with Crippen molar-refractivity contribution in [1.82, 2.24) is 4.83 Å². The maximum Gasteiger partial charge on any atom is 0.276 e. The third kappa shape index (κ3) is 6.59. The molecule has 6 nitrogen and oxygen atoms in total. The minimum absolute atomic E-state index is 0.0475. The fourth-order valence-corrected chi connectivity index (χ4v) is 3.15. The zero-order valence-corrected chi connectivity index (χ0v) is 14.9. The van der Waals surface area contributed by atoms with Crippen molar-refractivity contribution in [3.05, 3.63) is 29.8 Å². The van der Waals surface area contributed by atoms with Crippen molar-refractivity contribution in [2.24, 2.45) is 5.10 Å². The Morgan fingerprint density at radius 3 is 2.79 bits per heavy atom. The molecule has 134 valence electrons. The van der Waals surface area contributed by atoms with Gasteiger partial charge in [0.2, 0.25) is 0 Å². The normalized spacial score (nSPS) is 18.8. The Hall–Kier alpha value is -1.44. The number of nitrogens with zero attached hydrogens (tertiary/aromatic N) is 1. The maximum atomic E-state index is 12.0. The Kier molecular flexibility index (Phi) is 7.68. The molecular weight excluding hydrogens is 328 g/mol. The third-order valence-electron chi connectivity index (χ3n) is 3.76. The van der Waals surface area contributed by atoms with Gasteiger partial charge in [-0.05, 0) is 57.6 Å². The van der Waals surface area contributed by atoms with E-state index in [4.69, 9.17) is 9.47 Å². The highest BCUT2D eigenvalue weighted by molar-refractivity contribution is 7.89. The van der Waals surface area contributed by atoms with Gasteiger partial charge in [-0.3, -0.25) is 0 Å². The molecule has 1 fully saturated rings. The predicted octanol–water partition coefficient (Wildman–Crippen LogP) is 2.97. The second kappa shape index (κ2) is 9.76. The molecule has 0 amide bonds. The Labute approximate surface area is 144 Å². The number of ether oxygens (including phenoxy) is 2. The van der Waals surface area contributed by atoms with Crippen molar-refractivity contribution in [2.75, 3.05) is 13.2 Å². The smallest absolute Gasteiger partial charge is 0.276 e. The molecule has 2 rings (SSSR count). The van der Waals surface area contributed by atoms with Gasteiger partial charge in [0.25, 0.3) is 10.0 Å². The molecule has 1 aromatic carbocycles. The second-order valence-corrected chi connectivity index (χ2v) is 7.54. The van der Waals surface area contributed by atoms with E-state index < -0.39 is 10.0 Å². The number of hydrazone groups is 1. The van der Waals surface area contributed by atoms with E-state index in [-0.39, 0.29) is 11.2 Å². The van der Waals surface area contributed by atoms with Gasteiger partial charge >= 0.3 is 0 Å². The molecule has 0 radical (unpaired) electrons. The van der Waals surface area contributed by atoms with Gasteiger partial charge in [-0.2, -0.15) is 13.5 Å². The molecule has 0 aromatic heterocycles. The summed E-state index contributed by atoms with van der Waals surface area (Å²) >= 11 is 0. The predicted molar refractivity (Wildman–Crippen MR) is 93.4 cm³/mol. The van der Waals surface area contributed by atoms with Crippen molar-refractivity contribution >= 4 is 16.2 Å². The average molecular weight is 354 g/mol. The first kappa shape index (κ1) is 18.9. The van der Waals surface area contributed by atoms with E-state index in [1.54, 1.807) is 30.5 Å².